The van der Waals surface area contributed by atoms with E-state index in [2.05, 4.69) is 15.9 Å². The van der Waals surface area contributed by atoms with Gasteiger partial charge in [0, 0.05) is 12.3 Å². The lowest BCUT2D eigenvalue weighted by Gasteiger charge is -2.21. The van der Waals surface area contributed by atoms with Gasteiger partial charge in [-0.05, 0) is 0 Å². The van der Waals surface area contributed by atoms with Gasteiger partial charge in [-0.25, -0.2) is 4.79 Å². The lowest BCUT2D eigenvalue weighted by atomic mass is 10.2. The number of carbonyl (C=O) groups excluding carboxylic acids is 2. The van der Waals surface area contributed by atoms with Gasteiger partial charge < -0.3 is 18.9 Å². The molecule has 0 fully saturated rings. The fraction of sp³-hybridized carbons (Fsp3) is 0.600. The molecule has 0 bridgehead atoms. The molecule has 1 aliphatic heterocycles. The minimum Gasteiger partial charge on any atom is -0.493 e. The van der Waals surface area contributed by atoms with Gasteiger partial charge in [-0.2, -0.15) is 0 Å². The van der Waals surface area contributed by atoms with E-state index in [9.17, 15) is 9.59 Å². The van der Waals surface area contributed by atoms with Crippen molar-refractivity contribution in [3.05, 3.63) is 11.5 Å². The van der Waals surface area contributed by atoms with E-state index in [1.54, 1.807) is 0 Å². The van der Waals surface area contributed by atoms with E-state index in [4.69, 9.17) is 18.9 Å². The van der Waals surface area contributed by atoms with Crippen LogP contribution >= 0.6 is 15.9 Å². The zero-order chi connectivity index (χ0) is 13.0. The Bertz CT molecular complexity index is 351. The molecule has 0 aromatic carbocycles. The summed E-state index contributed by atoms with van der Waals surface area (Å²) in [5.41, 5.74) is 0. The summed E-state index contributed by atoms with van der Waals surface area (Å²) in [6.45, 7) is 1.28. The highest BCUT2D eigenvalue weighted by molar-refractivity contribution is 9.09. The molecular formula is C10H13BrO6. The van der Waals surface area contributed by atoms with Gasteiger partial charge >= 0.3 is 11.9 Å². The Balaban J connectivity index is 2.94. The zero-order valence-electron chi connectivity index (χ0n) is 9.69. The maximum Gasteiger partial charge on any atom is 0.378 e. The number of ether oxygens (including phenoxy) is 4. The van der Waals surface area contributed by atoms with Gasteiger partial charge in [0.25, 0.3) is 0 Å². The van der Waals surface area contributed by atoms with E-state index in [-0.39, 0.29) is 11.5 Å². The second kappa shape index (κ2) is 5.90. The molecule has 6 nitrogen and oxygen atoms in total. The molecule has 0 radical (unpaired) electrons. The highest BCUT2D eigenvalue weighted by Gasteiger charge is 2.42. The maximum absolute atomic E-state index is 11.5. The number of esters is 2. The molecule has 0 amide bonds. The molecule has 0 aliphatic carbocycles. The van der Waals surface area contributed by atoms with Crippen molar-refractivity contribution in [1.29, 1.82) is 0 Å². The molecule has 17 heavy (non-hydrogen) atoms. The first kappa shape index (κ1) is 13.8. The molecule has 1 aliphatic rings. The monoisotopic (exact) mass is 308 g/mol. The van der Waals surface area contributed by atoms with Gasteiger partial charge in [0.1, 0.15) is 0 Å². The minimum absolute atomic E-state index is 0.00407. The Hall–Kier alpha value is -1.24. The maximum atomic E-state index is 11.5. The first-order valence-electron chi connectivity index (χ1n) is 4.81. The first-order chi connectivity index (χ1) is 8.04. The van der Waals surface area contributed by atoms with Gasteiger partial charge in [0.05, 0.1) is 14.2 Å². The van der Waals surface area contributed by atoms with Crippen LogP contribution < -0.4 is 0 Å². The van der Waals surface area contributed by atoms with Crippen LogP contribution in [-0.2, 0) is 28.5 Å². The summed E-state index contributed by atoms with van der Waals surface area (Å²) in [4.78, 5) is 22.4. The third-order valence-corrected chi connectivity index (χ3v) is 2.77. The summed E-state index contributed by atoms with van der Waals surface area (Å²) in [6.07, 6.45) is -1.44. The second-order valence-corrected chi connectivity index (χ2v) is 3.88. The van der Waals surface area contributed by atoms with Gasteiger partial charge in [-0.15, -0.1) is 0 Å². The van der Waals surface area contributed by atoms with Gasteiger partial charge in [-0.3, -0.25) is 4.79 Å². The number of hydrogen-bond donors (Lipinski definition) is 0. The van der Waals surface area contributed by atoms with Crippen LogP contribution in [0.3, 0.4) is 0 Å². The van der Waals surface area contributed by atoms with Crippen molar-refractivity contribution in [2.24, 2.45) is 0 Å². The fourth-order valence-corrected chi connectivity index (χ4v) is 1.95. The summed E-state index contributed by atoms with van der Waals surface area (Å²) in [7, 11) is 2.73. The third-order valence-electron chi connectivity index (χ3n) is 2.13. The Kier molecular flexibility index (Phi) is 4.80. The number of alkyl halides is 1. The van der Waals surface area contributed by atoms with Crippen LogP contribution in [0.4, 0.5) is 0 Å². The van der Waals surface area contributed by atoms with Crippen LogP contribution in [0.5, 0.6) is 0 Å². The highest BCUT2D eigenvalue weighted by Crippen LogP contribution is 2.28. The summed E-state index contributed by atoms with van der Waals surface area (Å²) in [6, 6.07) is 0. The number of cyclic esters (lactones) is 1. The predicted molar refractivity (Wildman–Crippen MR) is 60.3 cm³/mol. The molecule has 2 atom stereocenters. The van der Waals surface area contributed by atoms with E-state index in [1.165, 1.54) is 21.1 Å². The second-order valence-electron chi connectivity index (χ2n) is 3.23. The molecule has 1 heterocycles. The Labute approximate surface area is 107 Å². The molecule has 0 N–H and O–H groups in total. The van der Waals surface area contributed by atoms with Gasteiger partial charge in [0.2, 0.25) is 11.9 Å². The van der Waals surface area contributed by atoms with Crippen LogP contribution in [0.1, 0.15) is 6.92 Å². The van der Waals surface area contributed by atoms with Crippen molar-refractivity contribution in [2.75, 3.05) is 19.5 Å². The van der Waals surface area contributed by atoms with E-state index in [1.807, 2.05) is 0 Å². The lowest BCUT2D eigenvalue weighted by Crippen LogP contribution is -2.34. The average Bonchev–Trinajstić information content (AvgIpc) is 2.61. The van der Waals surface area contributed by atoms with E-state index in [0.29, 0.717) is 5.33 Å². The normalized spacial score (nSPS) is 20.9. The number of halogens is 1. The van der Waals surface area contributed by atoms with Crippen molar-refractivity contribution < 1.29 is 28.5 Å². The van der Waals surface area contributed by atoms with E-state index in [0.717, 1.165) is 0 Å². The van der Waals surface area contributed by atoms with Gasteiger partial charge in [0.15, 0.2) is 11.9 Å². The summed E-state index contributed by atoms with van der Waals surface area (Å²) < 4.78 is 20.0. The topological polar surface area (TPSA) is 71.1 Å². The molecule has 96 valence electrons. The quantitative estimate of drug-likeness (QED) is 0.551. The number of rotatable bonds is 5. The van der Waals surface area contributed by atoms with Crippen molar-refractivity contribution in [3.8, 4) is 0 Å². The van der Waals surface area contributed by atoms with Crippen molar-refractivity contribution in [2.45, 2.75) is 19.1 Å². The highest BCUT2D eigenvalue weighted by atomic mass is 79.9. The molecule has 0 aromatic heterocycles. The first-order valence-corrected chi connectivity index (χ1v) is 5.93. The number of hydrogen-bond acceptors (Lipinski definition) is 6. The SMILES string of the molecule is COC1=C(OC)[C@H]([C@@H](CBr)OC(C)=O)OC1=O. The Morgan fingerprint density at radius 1 is 1.47 bits per heavy atom. The van der Waals surface area contributed by atoms with Crippen LogP contribution in [0.15, 0.2) is 11.5 Å². The van der Waals surface area contributed by atoms with Crippen molar-refractivity contribution >= 4 is 27.9 Å². The smallest absolute Gasteiger partial charge is 0.378 e. The van der Waals surface area contributed by atoms with Crippen molar-refractivity contribution in [1.82, 2.24) is 0 Å². The van der Waals surface area contributed by atoms with Gasteiger partial charge in [-0.1, -0.05) is 15.9 Å². The molecule has 1 rings (SSSR count). The fourth-order valence-electron chi connectivity index (χ4n) is 1.48. The van der Waals surface area contributed by atoms with E-state index >= 15 is 0 Å². The lowest BCUT2D eigenvalue weighted by molar-refractivity contribution is -0.159. The minimum atomic E-state index is -0.786. The molecule has 0 aromatic rings. The number of methoxy groups -OCH3 is 2. The number of carbonyl (C=O) groups is 2. The average molecular weight is 309 g/mol. The van der Waals surface area contributed by atoms with Crippen LogP contribution in [0.2, 0.25) is 0 Å². The molecular weight excluding hydrogens is 296 g/mol. The summed E-state index contributed by atoms with van der Waals surface area (Å²) >= 11 is 3.19. The molecule has 0 unspecified atom stereocenters. The Morgan fingerprint density at radius 2 is 2.12 bits per heavy atom. The molecule has 0 spiro atoms. The van der Waals surface area contributed by atoms with E-state index < -0.39 is 24.1 Å². The van der Waals surface area contributed by atoms with Crippen LogP contribution in [0.25, 0.3) is 0 Å². The standard InChI is InChI=1S/C10H13BrO6/c1-5(12)16-6(4-11)7-8(14-2)9(15-3)10(13)17-7/h6-7H,4H2,1-3H3/t6-,7+/m1/s1. The summed E-state index contributed by atoms with van der Waals surface area (Å²) in [5, 5.41) is 0.314. The van der Waals surface area contributed by atoms with Crippen LogP contribution in [-0.4, -0.2) is 43.7 Å². The van der Waals surface area contributed by atoms with Crippen molar-refractivity contribution in [3.63, 3.8) is 0 Å². The molecule has 0 saturated heterocycles. The summed E-state index contributed by atoms with van der Waals surface area (Å²) in [5.74, 6) is -0.877. The Morgan fingerprint density at radius 3 is 2.53 bits per heavy atom. The predicted octanol–water partition coefficient (Wildman–Crippen LogP) is 0.743. The largest absolute Gasteiger partial charge is 0.493 e. The zero-order valence-corrected chi connectivity index (χ0v) is 11.3. The molecule has 0 saturated carbocycles. The molecule has 7 heteroatoms. The van der Waals surface area contributed by atoms with Crippen LogP contribution in [0, 0.1) is 0 Å². The third kappa shape index (κ3) is 2.91.